The Morgan fingerprint density at radius 2 is 1.82 bits per heavy atom. The quantitative estimate of drug-likeness (QED) is 0.435. The summed E-state index contributed by atoms with van der Waals surface area (Å²) in [5, 5.41) is 2.67. The molecule has 0 spiro atoms. The highest BCUT2D eigenvalue weighted by molar-refractivity contribution is 7.89. The van der Waals surface area contributed by atoms with Crippen molar-refractivity contribution < 1.29 is 27.1 Å². The molecule has 33 heavy (non-hydrogen) atoms. The average molecular weight is 475 g/mol. The molecular formula is C22H23FN4O5S. The minimum atomic E-state index is -4.11. The molecule has 0 aliphatic carbocycles. The van der Waals surface area contributed by atoms with Crippen molar-refractivity contribution in [1.29, 1.82) is 0 Å². The van der Waals surface area contributed by atoms with Crippen LogP contribution in [0.3, 0.4) is 0 Å². The summed E-state index contributed by atoms with van der Waals surface area (Å²) in [7, 11) is -4.11. The number of nitrogens with zero attached hydrogens (tertiary/aromatic N) is 2. The molecule has 0 aliphatic heterocycles. The zero-order valence-electron chi connectivity index (χ0n) is 17.8. The van der Waals surface area contributed by atoms with Crippen LogP contribution in [0.4, 0.5) is 10.1 Å². The van der Waals surface area contributed by atoms with Crippen molar-refractivity contribution in [2.45, 2.75) is 30.8 Å². The predicted molar refractivity (Wildman–Crippen MR) is 118 cm³/mol. The van der Waals surface area contributed by atoms with Crippen LogP contribution in [-0.2, 0) is 37.3 Å². The molecule has 2 N–H and O–H groups in total. The lowest BCUT2D eigenvalue weighted by atomic mass is 10.1. The summed E-state index contributed by atoms with van der Waals surface area (Å²) in [5.41, 5.74) is 1.13. The number of hydrogen-bond donors (Lipinski definition) is 2. The molecule has 1 heterocycles. The zero-order chi connectivity index (χ0) is 23.8. The van der Waals surface area contributed by atoms with E-state index in [4.69, 9.17) is 4.74 Å². The minimum Gasteiger partial charge on any atom is -0.466 e. The molecule has 0 bridgehead atoms. The number of sulfonamides is 1. The van der Waals surface area contributed by atoms with Gasteiger partial charge in [0.2, 0.25) is 15.9 Å². The van der Waals surface area contributed by atoms with Gasteiger partial charge in [0.1, 0.15) is 11.9 Å². The monoisotopic (exact) mass is 474 g/mol. The normalized spacial score (nSPS) is 12.2. The van der Waals surface area contributed by atoms with Crippen molar-refractivity contribution in [3.05, 3.63) is 78.6 Å². The van der Waals surface area contributed by atoms with E-state index in [9.17, 15) is 22.4 Å². The number of imidazole rings is 1. The Balaban J connectivity index is 1.74. The Morgan fingerprint density at radius 1 is 1.12 bits per heavy atom. The van der Waals surface area contributed by atoms with E-state index < -0.39 is 27.8 Å². The summed E-state index contributed by atoms with van der Waals surface area (Å²) >= 11 is 0. The van der Waals surface area contributed by atoms with E-state index in [0.29, 0.717) is 17.9 Å². The molecule has 3 rings (SSSR count). The second-order valence-electron chi connectivity index (χ2n) is 7.06. The van der Waals surface area contributed by atoms with E-state index in [1.807, 2.05) is 0 Å². The molecule has 1 amide bonds. The van der Waals surface area contributed by atoms with Gasteiger partial charge in [-0.3, -0.25) is 9.59 Å². The van der Waals surface area contributed by atoms with Crippen molar-refractivity contribution in [2.24, 2.45) is 0 Å². The largest absolute Gasteiger partial charge is 0.466 e. The molecule has 174 valence electrons. The first-order chi connectivity index (χ1) is 15.8. The van der Waals surface area contributed by atoms with E-state index in [1.165, 1.54) is 12.5 Å². The summed E-state index contributed by atoms with van der Waals surface area (Å²) in [6.07, 6.45) is 4.65. The fourth-order valence-electron chi connectivity index (χ4n) is 2.96. The Morgan fingerprint density at radius 3 is 2.42 bits per heavy atom. The van der Waals surface area contributed by atoms with Crippen molar-refractivity contribution in [1.82, 2.24) is 14.3 Å². The first kappa shape index (κ1) is 24.1. The van der Waals surface area contributed by atoms with Gasteiger partial charge in [0.15, 0.2) is 0 Å². The Labute approximate surface area is 190 Å². The van der Waals surface area contributed by atoms with Gasteiger partial charge in [-0.15, -0.1) is 0 Å². The van der Waals surface area contributed by atoms with Gasteiger partial charge in [0.05, 0.1) is 24.3 Å². The number of halogens is 1. The lowest BCUT2D eigenvalue weighted by molar-refractivity contribution is -0.142. The number of ether oxygens (including phenoxy) is 1. The van der Waals surface area contributed by atoms with Crippen LogP contribution < -0.4 is 10.0 Å². The van der Waals surface area contributed by atoms with Crippen LogP contribution in [-0.4, -0.2) is 42.5 Å². The zero-order valence-corrected chi connectivity index (χ0v) is 18.6. The smallest absolute Gasteiger partial charge is 0.310 e. The summed E-state index contributed by atoms with van der Waals surface area (Å²) in [6, 6.07) is 9.64. The molecule has 1 atom stereocenters. The molecule has 0 saturated heterocycles. The van der Waals surface area contributed by atoms with Crippen molar-refractivity contribution in [3.63, 3.8) is 0 Å². The Bertz CT molecular complexity index is 1180. The fraction of sp³-hybridized carbons (Fsp3) is 0.227. The summed E-state index contributed by atoms with van der Waals surface area (Å²) in [5.74, 6) is -1.54. The average Bonchev–Trinajstić information content (AvgIpc) is 3.28. The van der Waals surface area contributed by atoms with Crippen LogP contribution >= 0.6 is 0 Å². The number of hydrogen-bond acceptors (Lipinski definition) is 6. The van der Waals surface area contributed by atoms with E-state index in [1.54, 1.807) is 42.0 Å². The highest BCUT2D eigenvalue weighted by Crippen LogP contribution is 2.14. The van der Waals surface area contributed by atoms with Gasteiger partial charge in [-0.05, 0) is 48.9 Å². The predicted octanol–water partition coefficient (Wildman–Crippen LogP) is 2.11. The number of amides is 1. The third-order valence-electron chi connectivity index (χ3n) is 4.57. The third-order valence-corrected chi connectivity index (χ3v) is 6.05. The lowest BCUT2D eigenvalue weighted by Gasteiger charge is -2.19. The first-order valence-corrected chi connectivity index (χ1v) is 11.5. The lowest BCUT2D eigenvalue weighted by Crippen LogP contribution is -2.46. The molecule has 3 aromatic rings. The second kappa shape index (κ2) is 10.8. The number of benzene rings is 2. The molecule has 0 fully saturated rings. The maximum atomic E-state index is 13.2. The maximum Gasteiger partial charge on any atom is 0.310 e. The van der Waals surface area contributed by atoms with Crippen LogP contribution in [0.15, 0.2) is 72.1 Å². The molecule has 0 saturated carbocycles. The van der Waals surface area contributed by atoms with Crippen molar-refractivity contribution in [3.8, 4) is 0 Å². The number of rotatable bonds is 10. The van der Waals surface area contributed by atoms with Gasteiger partial charge in [-0.25, -0.2) is 17.8 Å². The SMILES string of the molecule is CCOC(=O)Cc1ccc(NC(=O)C(Cn2ccnc2)NS(=O)(=O)c2ccc(F)cc2)cc1. The Hall–Kier alpha value is -3.57. The van der Waals surface area contributed by atoms with E-state index >= 15 is 0 Å². The third kappa shape index (κ3) is 6.96. The number of carbonyl (C=O) groups excluding carboxylic acids is 2. The molecular weight excluding hydrogens is 451 g/mol. The number of esters is 1. The molecule has 9 nitrogen and oxygen atoms in total. The highest BCUT2D eigenvalue weighted by atomic mass is 32.2. The molecule has 0 radical (unpaired) electrons. The fourth-order valence-corrected chi connectivity index (χ4v) is 4.15. The summed E-state index contributed by atoms with van der Waals surface area (Å²) < 4.78 is 47.5. The van der Waals surface area contributed by atoms with Crippen LogP contribution in [0.1, 0.15) is 12.5 Å². The molecule has 1 unspecified atom stereocenters. The van der Waals surface area contributed by atoms with E-state index in [0.717, 1.165) is 24.3 Å². The van der Waals surface area contributed by atoms with Crippen LogP contribution in [0.25, 0.3) is 0 Å². The van der Waals surface area contributed by atoms with Gasteiger partial charge in [-0.2, -0.15) is 4.72 Å². The van der Waals surface area contributed by atoms with Gasteiger partial charge in [0.25, 0.3) is 0 Å². The van der Waals surface area contributed by atoms with Crippen molar-refractivity contribution in [2.75, 3.05) is 11.9 Å². The van der Waals surface area contributed by atoms with Gasteiger partial charge in [0, 0.05) is 24.6 Å². The standard InChI is InChI=1S/C22H23FN4O5S/c1-2-32-21(28)13-16-3-7-18(8-4-16)25-22(29)20(14-27-12-11-24-15-27)26-33(30,31)19-9-5-17(23)6-10-19/h3-12,15,20,26H,2,13-14H2,1H3,(H,25,29). The highest BCUT2D eigenvalue weighted by Gasteiger charge is 2.26. The molecule has 2 aromatic carbocycles. The molecule has 1 aromatic heterocycles. The maximum absolute atomic E-state index is 13.2. The van der Waals surface area contributed by atoms with Gasteiger partial charge in [-0.1, -0.05) is 12.1 Å². The first-order valence-electron chi connectivity index (χ1n) is 10.1. The topological polar surface area (TPSA) is 119 Å². The summed E-state index contributed by atoms with van der Waals surface area (Å²) in [6.45, 7) is 1.99. The van der Waals surface area contributed by atoms with Crippen molar-refractivity contribution >= 4 is 27.6 Å². The van der Waals surface area contributed by atoms with E-state index in [2.05, 4.69) is 15.0 Å². The van der Waals surface area contributed by atoms with Gasteiger partial charge >= 0.3 is 5.97 Å². The number of anilines is 1. The molecule has 0 aliphatic rings. The second-order valence-corrected chi connectivity index (χ2v) is 8.77. The van der Waals surface area contributed by atoms with Crippen LogP contribution in [0, 0.1) is 5.82 Å². The number of carbonyl (C=O) groups is 2. The summed E-state index contributed by atoms with van der Waals surface area (Å²) in [4.78, 5) is 28.3. The Kier molecular flexibility index (Phi) is 7.91. The number of aromatic nitrogens is 2. The van der Waals surface area contributed by atoms with Crippen LogP contribution in [0.5, 0.6) is 0 Å². The molecule has 11 heteroatoms. The van der Waals surface area contributed by atoms with Gasteiger partial charge < -0.3 is 14.6 Å². The van der Waals surface area contributed by atoms with Crippen LogP contribution in [0.2, 0.25) is 0 Å². The number of nitrogens with one attached hydrogen (secondary N) is 2. The van der Waals surface area contributed by atoms with E-state index in [-0.39, 0.29) is 23.8 Å². The minimum absolute atomic E-state index is 0.0206.